The molecule has 5 unspecified atom stereocenters. The lowest BCUT2D eigenvalue weighted by atomic mass is 9.80. The summed E-state index contributed by atoms with van der Waals surface area (Å²) < 4.78 is 37.8. The average molecular weight is 779 g/mol. The minimum Gasteiger partial charge on any atom is -0.497 e. The van der Waals surface area contributed by atoms with Gasteiger partial charge in [-0.25, -0.2) is 0 Å². The summed E-state index contributed by atoms with van der Waals surface area (Å²) in [4.78, 5) is 13.9. The first-order chi connectivity index (χ1) is 24.0. The summed E-state index contributed by atoms with van der Waals surface area (Å²) in [5.74, 6) is -0.620. The van der Waals surface area contributed by atoms with Crippen LogP contribution in [0.4, 0.5) is 0 Å². The molecule has 0 bridgehead atoms. The summed E-state index contributed by atoms with van der Waals surface area (Å²) in [5, 5.41) is 12.2. The first-order valence-electron chi connectivity index (χ1n) is 19.8. The number of benzene rings is 1. The van der Waals surface area contributed by atoms with Crippen molar-refractivity contribution in [2.24, 2.45) is 29.6 Å². The van der Waals surface area contributed by atoms with Crippen molar-refractivity contribution < 1.29 is 37.7 Å². The first-order valence-corrected chi connectivity index (χ1v) is 25.6. The van der Waals surface area contributed by atoms with Crippen molar-refractivity contribution in [2.45, 2.75) is 170 Å². The minimum absolute atomic E-state index is 0.00775. The Kier molecular flexibility index (Phi) is 16.7. The fraction of sp³-hybridized carbons (Fsp3) is 0.791. The summed E-state index contributed by atoms with van der Waals surface area (Å²) in [5.41, 5.74) is 1.18. The van der Waals surface area contributed by atoms with Gasteiger partial charge in [-0.2, -0.15) is 0 Å². The van der Waals surface area contributed by atoms with Crippen LogP contribution in [0.15, 0.2) is 35.9 Å². The Bertz CT molecular complexity index is 1320. The van der Waals surface area contributed by atoms with E-state index in [1.807, 2.05) is 52.0 Å². The van der Waals surface area contributed by atoms with Crippen molar-refractivity contribution in [3.8, 4) is 5.75 Å². The molecule has 0 aromatic heterocycles. The van der Waals surface area contributed by atoms with Crippen LogP contribution in [-0.4, -0.2) is 71.9 Å². The van der Waals surface area contributed by atoms with E-state index in [1.54, 1.807) is 7.11 Å². The van der Waals surface area contributed by atoms with Crippen molar-refractivity contribution in [3.63, 3.8) is 0 Å². The molecule has 1 saturated heterocycles. The summed E-state index contributed by atoms with van der Waals surface area (Å²) in [6, 6.07) is 7.62. The fourth-order valence-corrected chi connectivity index (χ4v) is 8.97. The molecule has 53 heavy (non-hydrogen) atoms. The molecule has 1 aromatic carbocycles. The van der Waals surface area contributed by atoms with E-state index < -0.39 is 46.5 Å². The van der Waals surface area contributed by atoms with Gasteiger partial charge < -0.3 is 32.9 Å². The van der Waals surface area contributed by atoms with Gasteiger partial charge in [-0.3, -0.25) is 4.79 Å². The molecule has 1 aromatic rings. The molecule has 10 heteroatoms. The number of hydrogen-bond donors (Lipinski definition) is 1. The minimum atomic E-state index is -2.14. The number of carbonyl (C=O) groups excluding carboxylic acids is 1. The van der Waals surface area contributed by atoms with Gasteiger partial charge in [-0.15, -0.1) is 0 Å². The molecule has 0 radical (unpaired) electrons. The van der Waals surface area contributed by atoms with Gasteiger partial charge in [-0.1, -0.05) is 93.0 Å². The van der Waals surface area contributed by atoms with Gasteiger partial charge in [0.15, 0.2) is 22.9 Å². The van der Waals surface area contributed by atoms with Crippen LogP contribution in [0.5, 0.6) is 5.75 Å². The number of aliphatic hydroxyl groups is 1. The second-order valence-corrected chi connectivity index (χ2v) is 29.5. The number of aliphatic hydroxyl groups excluding tert-OH is 1. The second-order valence-electron chi connectivity index (χ2n) is 20.0. The maximum absolute atomic E-state index is 13.9. The third kappa shape index (κ3) is 13.6. The number of carbonyl (C=O) groups is 1. The third-order valence-corrected chi connectivity index (χ3v) is 20.8. The lowest BCUT2D eigenvalue weighted by Crippen LogP contribution is -2.49. The van der Waals surface area contributed by atoms with Crippen molar-refractivity contribution >= 4 is 22.6 Å². The van der Waals surface area contributed by atoms with Crippen molar-refractivity contribution in [3.05, 3.63) is 41.5 Å². The topological polar surface area (TPSA) is 92.7 Å². The van der Waals surface area contributed by atoms with E-state index in [9.17, 15) is 9.90 Å². The Morgan fingerprint density at radius 1 is 0.943 bits per heavy atom. The molecule has 0 amide bonds. The van der Waals surface area contributed by atoms with Crippen molar-refractivity contribution in [2.75, 3.05) is 20.3 Å². The van der Waals surface area contributed by atoms with E-state index >= 15 is 0 Å². The van der Waals surface area contributed by atoms with E-state index in [4.69, 9.17) is 27.8 Å². The van der Waals surface area contributed by atoms with Crippen LogP contribution in [0.2, 0.25) is 36.3 Å². The Morgan fingerprint density at radius 3 is 1.98 bits per heavy atom. The standard InChI is InChI=1S/C43H78O8Si2/c1-28(24-29(2)37(51-53(18,19)43(12,13)14)31(4)27-48-52(16,17)42(9,10)11)25-35(39(45)50-41(6,7)8)36(44)32(5)38-30(3)26-47-40(49-38)33-20-22-34(46-15)23-21-33/h20-24,29-32,35-38,40,44H,25-27H2,1-19H3/b28-24-/t29-,30-,31-,32?,35?,36?,37+,38?,40?/m0/s1. The summed E-state index contributed by atoms with van der Waals surface area (Å²) in [6.07, 6.45) is 0.574. The number of hydrogen-bond acceptors (Lipinski definition) is 8. The molecule has 1 N–H and O–H groups in total. The van der Waals surface area contributed by atoms with Crippen LogP contribution in [-0.2, 0) is 27.9 Å². The highest BCUT2D eigenvalue weighted by molar-refractivity contribution is 6.74. The lowest BCUT2D eigenvalue weighted by molar-refractivity contribution is -0.257. The van der Waals surface area contributed by atoms with Gasteiger partial charge in [-0.05, 0) is 88.4 Å². The van der Waals surface area contributed by atoms with E-state index in [-0.39, 0.29) is 46.0 Å². The zero-order valence-electron chi connectivity index (χ0n) is 37.0. The molecule has 1 aliphatic rings. The number of esters is 1. The van der Waals surface area contributed by atoms with Crippen LogP contribution >= 0.6 is 0 Å². The van der Waals surface area contributed by atoms with E-state index in [2.05, 4.69) is 102 Å². The SMILES string of the molecule is COc1ccc(C2OC[C@H](C)C(C(C)C(O)C(C/C(C)=C\[C@H](C)[C@@H](O[Si](C)(C)C(C)(C)C)[C@@H](C)CO[Si](C)(C)C(C)(C)C)C(=O)OC(C)(C)C)O2)cc1. The predicted octanol–water partition coefficient (Wildman–Crippen LogP) is 10.7. The van der Waals surface area contributed by atoms with Gasteiger partial charge in [0.05, 0.1) is 37.9 Å². The largest absolute Gasteiger partial charge is 0.497 e. The quantitative estimate of drug-likeness (QED) is 0.101. The van der Waals surface area contributed by atoms with Crippen LogP contribution < -0.4 is 4.74 Å². The number of allylic oxidation sites excluding steroid dienone is 1. The molecule has 2 rings (SSSR count). The molecular formula is C43H78O8Si2. The van der Waals surface area contributed by atoms with E-state index in [1.165, 1.54) is 0 Å². The Balaban J connectivity index is 2.42. The van der Waals surface area contributed by atoms with Crippen LogP contribution in [0, 0.1) is 29.6 Å². The zero-order valence-corrected chi connectivity index (χ0v) is 39.0. The van der Waals surface area contributed by atoms with Crippen LogP contribution in [0.25, 0.3) is 0 Å². The van der Waals surface area contributed by atoms with Gasteiger partial charge in [0.2, 0.25) is 0 Å². The zero-order chi connectivity index (χ0) is 40.9. The smallest absolute Gasteiger partial charge is 0.312 e. The maximum atomic E-state index is 13.9. The first kappa shape index (κ1) is 47.6. The maximum Gasteiger partial charge on any atom is 0.312 e. The van der Waals surface area contributed by atoms with Crippen molar-refractivity contribution in [1.82, 2.24) is 0 Å². The third-order valence-electron chi connectivity index (χ3n) is 11.8. The molecule has 1 aliphatic heterocycles. The molecule has 1 heterocycles. The second kappa shape index (κ2) is 18.6. The van der Waals surface area contributed by atoms with E-state index in [0.29, 0.717) is 19.6 Å². The monoisotopic (exact) mass is 779 g/mol. The summed E-state index contributed by atoms with van der Waals surface area (Å²) in [7, 11) is -2.47. The van der Waals surface area contributed by atoms with Crippen LogP contribution in [0.3, 0.4) is 0 Å². The molecule has 0 aliphatic carbocycles. The predicted molar refractivity (Wildman–Crippen MR) is 222 cm³/mol. The van der Waals surface area contributed by atoms with Crippen LogP contribution in [0.1, 0.15) is 115 Å². The average Bonchev–Trinajstić information content (AvgIpc) is 3.02. The normalized spacial score (nSPS) is 23.1. The number of methoxy groups -OCH3 is 1. The molecule has 0 spiro atoms. The lowest BCUT2D eigenvalue weighted by Gasteiger charge is -2.43. The molecule has 1 fully saturated rings. The fourth-order valence-electron chi connectivity index (χ4n) is 6.38. The van der Waals surface area contributed by atoms with E-state index in [0.717, 1.165) is 16.9 Å². The number of ether oxygens (including phenoxy) is 4. The Morgan fingerprint density at radius 2 is 1.49 bits per heavy atom. The molecule has 306 valence electrons. The summed E-state index contributed by atoms with van der Waals surface area (Å²) in [6.45, 7) is 40.1. The van der Waals surface area contributed by atoms with Gasteiger partial charge >= 0.3 is 5.97 Å². The highest BCUT2D eigenvalue weighted by Gasteiger charge is 2.44. The number of rotatable bonds is 16. The Hall–Kier alpha value is -1.54. The van der Waals surface area contributed by atoms with Crippen molar-refractivity contribution in [1.29, 1.82) is 0 Å². The molecule has 0 saturated carbocycles. The summed E-state index contributed by atoms with van der Waals surface area (Å²) >= 11 is 0. The van der Waals surface area contributed by atoms with Gasteiger partial charge in [0, 0.05) is 29.9 Å². The van der Waals surface area contributed by atoms with Gasteiger partial charge in [0.1, 0.15) is 11.4 Å². The molecule has 8 nitrogen and oxygen atoms in total. The Labute approximate surface area is 326 Å². The molecular weight excluding hydrogens is 701 g/mol. The highest BCUT2D eigenvalue weighted by atomic mass is 28.4. The van der Waals surface area contributed by atoms with Gasteiger partial charge in [0.25, 0.3) is 0 Å². The molecule has 9 atom stereocenters. The highest BCUT2D eigenvalue weighted by Crippen LogP contribution is 2.42.